The average molecular weight is 244 g/mol. The van der Waals surface area contributed by atoms with E-state index in [9.17, 15) is 0 Å². The van der Waals surface area contributed by atoms with Gasteiger partial charge in [-0.2, -0.15) is 0 Å². The average Bonchev–Trinajstić information content (AvgIpc) is 2.45. The molecule has 1 aliphatic heterocycles. The third-order valence-electron chi connectivity index (χ3n) is 3.62. The van der Waals surface area contributed by atoms with Crippen molar-refractivity contribution in [3.05, 3.63) is 41.5 Å². The van der Waals surface area contributed by atoms with Crippen LogP contribution < -0.4 is 10.6 Å². The molecule has 2 heteroatoms. The zero-order valence-electron chi connectivity index (χ0n) is 11.3. The molecule has 0 radical (unpaired) electrons. The Bertz CT molecular complexity index is 361. The second kappa shape index (κ2) is 7.34. The maximum absolute atomic E-state index is 3.42. The Kier molecular flexibility index (Phi) is 5.43. The van der Waals surface area contributed by atoms with Gasteiger partial charge in [0.2, 0.25) is 0 Å². The van der Waals surface area contributed by atoms with Crippen LogP contribution in [-0.4, -0.2) is 26.7 Å². The van der Waals surface area contributed by atoms with E-state index in [0.29, 0.717) is 0 Å². The van der Waals surface area contributed by atoms with E-state index < -0.39 is 0 Å². The first-order valence-corrected chi connectivity index (χ1v) is 7.02. The molecule has 98 valence electrons. The molecule has 0 aliphatic carbocycles. The van der Waals surface area contributed by atoms with Crippen molar-refractivity contribution < 1.29 is 0 Å². The molecule has 2 rings (SSSR count). The Labute approximate surface area is 110 Å². The molecule has 0 bridgehead atoms. The zero-order chi connectivity index (χ0) is 12.6. The zero-order valence-corrected chi connectivity index (χ0v) is 11.3. The van der Waals surface area contributed by atoms with Crippen molar-refractivity contribution in [2.24, 2.45) is 0 Å². The van der Waals surface area contributed by atoms with Gasteiger partial charge in [-0.05, 0) is 63.0 Å². The van der Waals surface area contributed by atoms with Gasteiger partial charge in [0.05, 0.1) is 0 Å². The molecule has 2 N–H and O–H groups in total. The van der Waals surface area contributed by atoms with Crippen LogP contribution in [0, 0.1) is 0 Å². The van der Waals surface area contributed by atoms with E-state index in [-0.39, 0.29) is 0 Å². The molecule has 0 aromatic heterocycles. The first-order chi connectivity index (χ1) is 8.90. The van der Waals surface area contributed by atoms with Gasteiger partial charge in [0.25, 0.3) is 0 Å². The summed E-state index contributed by atoms with van der Waals surface area (Å²) in [4.78, 5) is 0. The van der Waals surface area contributed by atoms with Crippen LogP contribution in [0.2, 0.25) is 0 Å². The molecule has 1 aliphatic rings. The number of rotatable bonds is 5. The summed E-state index contributed by atoms with van der Waals surface area (Å²) in [7, 11) is 1.99. The SMILES string of the molecule is CNCCC=Cc1ccc(C2CCNCC2)cc1. The van der Waals surface area contributed by atoms with E-state index in [2.05, 4.69) is 47.1 Å². The fourth-order valence-corrected chi connectivity index (χ4v) is 2.48. The van der Waals surface area contributed by atoms with Crippen LogP contribution in [0.1, 0.15) is 36.3 Å². The molecule has 0 saturated carbocycles. The van der Waals surface area contributed by atoms with Gasteiger partial charge < -0.3 is 10.6 Å². The van der Waals surface area contributed by atoms with Crippen molar-refractivity contribution in [2.75, 3.05) is 26.7 Å². The largest absolute Gasteiger partial charge is 0.319 e. The lowest BCUT2D eigenvalue weighted by Gasteiger charge is -2.22. The first-order valence-electron chi connectivity index (χ1n) is 7.02. The highest BCUT2D eigenvalue weighted by molar-refractivity contribution is 5.49. The summed E-state index contributed by atoms with van der Waals surface area (Å²) >= 11 is 0. The summed E-state index contributed by atoms with van der Waals surface area (Å²) in [6.45, 7) is 3.37. The Morgan fingerprint density at radius 1 is 1.22 bits per heavy atom. The summed E-state index contributed by atoms with van der Waals surface area (Å²) in [5.74, 6) is 0.758. The van der Waals surface area contributed by atoms with Gasteiger partial charge >= 0.3 is 0 Å². The maximum Gasteiger partial charge on any atom is -0.00172 e. The van der Waals surface area contributed by atoms with E-state index >= 15 is 0 Å². The number of benzene rings is 1. The third-order valence-corrected chi connectivity index (χ3v) is 3.62. The Morgan fingerprint density at radius 2 is 1.94 bits per heavy atom. The molecule has 0 unspecified atom stereocenters. The third kappa shape index (κ3) is 3.97. The highest BCUT2D eigenvalue weighted by Crippen LogP contribution is 2.25. The van der Waals surface area contributed by atoms with Crippen molar-refractivity contribution in [1.82, 2.24) is 10.6 Å². The first kappa shape index (κ1) is 13.3. The molecule has 1 aromatic carbocycles. The van der Waals surface area contributed by atoms with Crippen molar-refractivity contribution in [3.8, 4) is 0 Å². The van der Waals surface area contributed by atoms with Crippen LogP contribution in [0.3, 0.4) is 0 Å². The van der Waals surface area contributed by atoms with Gasteiger partial charge in [-0.3, -0.25) is 0 Å². The predicted octanol–water partition coefficient (Wildman–Crippen LogP) is 2.78. The summed E-state index contributed by atoms with van der Waals surface area (Å²) in [6, 6.07) is 9.09. The predicted molar refractivity (Wildman–Crippen MR) is 78.9 cm³/mol. The van der Waals surface area contributed by atoms with E-state index in [1.807, 2.05) is 7.05 Å². The van der Waals surface area contributed by atoms with Crippen molar-refractivity contribution in [3.63, 3.8) is 0 Å². The second-order valence-electron chi connectivity index (χ2n) is 4.99. The summed E-state index contributed by atoms with van der Waals surface area (Å²) in [5.41, 5.74) is 2.81. The normalized spacial score (nSPS) is 17.4. The standard InChI is InChI=1S/C16H24N2/c1-17-11-3-2-4-14-5-7-15(8-6-14)16-9-12-18-13-10-16/h2,4-8,16-18H,3,9-13H2,1H3. The minimum Gasteiger partial charge on any atom is -0.319 e. The molecule has 0 atom stereocenters. The number of piperidine rings is 1. The Balaban J connectivity index is 1.90. The molecule has 0 spiro atoms. The van der Waals surface area contributed by atoms with Crippen molar-refractivity contribution >= 4 is 6.08 Å². The van der Waals surface area contributed by atoms with Gasteiger partial charge in [0, 0.05) is 0 Å². The van der Waals surface area contributed by atoms with E-state index in [0.717, 1.165) is 32.0 Å². The molecule has 18 heavy (non-hydrogen) atoms. The molecule has 1 fully saturated rings. The van der Waals surface area contributed by atoms with Crippen LogP contribution in [0.4, 0.5) is 0 Å². The monoisotopic (exact) mass is 244 g/mol. The molecule has 2 nitrogen and oxygen atoms in total. The molecule has 1 aromatic rings. The number of hydrogen-bond donors (Lipinski definition) is 2. The summed E-state index contributed by atoms with van der Waals surface area (Å²) < 4.78 is 0. The maximum atomic E-state index is 3.42. The van der Waals surface area contributed by atoms with Gasteiger partial charge in [-0.15, -0.1) is 0 Å². The van der Waals surface area contributed by atoms with E-state index in [4.69, 9.17) is 0 Å². The van der Waals surface area contributed by atoms with Gasteiger partial charge in [0.1, 0.15) is 0 Å². The molecule has 1 heterocycles. The number of nitrogens with one attached hydrogen (secondary N) is 2. The van der Waals surface area contributed by atoms with Crippen LogP contribution in [-0.2, 0) is 0 Å². The van der Waals surface area contributed by atoms with Crippen LogP contribution >= 0.6 is 0 Å². The lowest BCUT2D eigenvalue weighted by molar-refractivity contribution is 0.460. The Hall–Kier alpha value is -1.12. The molecular formula is C16H24N2. The highest BCUT2D eigenvalue weighted by atomic mass is 14.9. The van der Waals surface area contributed by atoms with Gasteiger partial charge in [0.15, 0.2) is 0 Å². The molecule has 0 amide bonds. The van der Waals surface area contributed by atoms with Gasteiger partial charge in [-0.25, -0.2) is 0 Å². The van der Waals surface area contributed by atoms with Crippen LogP contribution in [0.15, 0.2) is 30.3 Å². The fraction of sp³-hybridized carbons (Fsp3) is 0.500. The van der Waals surface area contributed by atoms with Crippen LogP contribution in [0.25, 0.3) is 6.08 Å². The topological polar surface area (TPSA) is 24.1 Å². The van der Waals surface area contributed by atoms with E-state index in [1.165, 1.54) is 24.0 Å². The Morgan fingerprint density at radius 3 is 2.61 bits per heavy atom. The number of hydrogen-bond acceptors (Lipinski definition) is 2. The van der Waals surface area contributed by atoms with E-state index in [1.54, 1.807) is 0 Å². The van der Waals surface area contributed by atoms with Crippen molar-refractivity contribution in [1.29, 1.82) is 0 Å². The second-order valence-corrected chi connectivity index (χ2v) is 4.99. The minimum atomic E-state index is 0.758. The quantitative estimate of drug-likeness (QED) is 0.778. The summed E-state index contributed by atoms with van der Waals surface area (Å²) in [5, 5.41) is 6.57. The van der Waals surface area contributed by atoms with Gasteiger partial charge in [-0.1, -0.05) is 36.4 Å². The molecular weight excluding hydrogens is 220 g/mol. The summed E-state index contributed by atoms with van der Waals surface area (Å²) in [6.07, 6.45) is 8.08. The lowest BCUT2D eigenvalue weighted by Crippen LogP contribution is -2.26. The smallest absolute Gasteiger partial charge is 0.00172 e. The van der Waals surface area contributed by atoms with Crippen molar-refractivity contribution in [2.45, 2.75) is 25.2 Å². The van der Waals surface area contributed by atoms with Crippen LogP contribution in [0.5, 0.6) is 0 Å². The lowest BCUT2D eigenvalue weighted by atomic mass is 9.90. The highest BCUT2D eigenvalue weighted by Gasteiger charge is 2.14. The minimum absolute atomic E-state index is 0.758. The molecule has 1 saturated heterocycles. The fourth-order valence-electron chi connectivity index (χ4n) is 2.48.